The van der Waals surface area contributed by atoms with Crippen molar-refractivity contribution in [1.29, 1.82) is 0 Å². The van der Waals surface area contributed by atoms with Crippen LogP contribution >= 0.6 is 0 Å². The summed E-state index contributed by atoms with van der Waals surface area (Å²) in [5.41, 5.74) is 3.84. The molecule has 4 rings (SSSR count). The van der Waals surface area contributed by atoms with E-state index in [0.29, 0.717) is 6.54 Å². The van der Waals surface area contributed by atoms with Crippen molar-refractivity contribution in [2.45, 2.75) is 20.4 Å². The number of piperazine rings is 1. The lowest BCUT2D eigenvalue weighted by molar-refractivity contribution is 0.248. The molecule has 0 radical (unpaired) electrons. The number of rotatable bonds is 3. The molecule has 0 spiro atoms. The van der Waals surface area contributed by atoms with Gasteiger partial charge in [-0.25, -0.2) is 4.98 Å². The summed E-state index contributed by atoms with van der Waals surface area (Å²) in [5, 5.41) is 1.11. The predicted molar refractivity (Wildman–Crippen MR) is 108 cm³/mol. The normalized spacial score (nSPS) is 15.4. The maximum absolute atomic E-state index is 12.7. The van der Waals surface area contributed by atoms with E-state index in [9.17, 15) is 4.79 Å². The summed E-state index contributed by atoms with van der Waals surface area (Å²) in [6.07, 6.45) is 1.81. The Morgan fingerprint density at radius 3 is 2.59 bits per heavy atom. The van der Waals surface area contributed by atoms with Crippen molar-refractivity contribution in [1.82, 2.24) is 19.4 Å². The summed E-state index contributed by atoms with van der Waals surface area (Å²) in [4.78, 5) is 26.5. The van der Waals surface area contributed by atoms with Crippen molar-refractivity contribution < 1.29 is 0 Å². The SMILES string of the molecule is Cc1cnc(C)c(N2CCN(Cc3cc4ccccc4n(C)c3=O)CC2)n1. The second-order valence-corrected chi connectivity index (χ2v) is 7.28. The minimum atomic E-state index is 0.0940. The first-order chi connectivity index (χ1) is 13.0. The van der Waals surface area contributed by atoms with E-state index in [1.54, 1.807) is 4.57 Å². The van der Waals surface area contributed by atoms with Gasteiger partial charge >= 0.3 is 0 Å². The number of aryl methyl sites for hydroxylation is 3. The molecule has 6 nitrogen and oxygen atoms in total. The van der Waals surface area contributed by atoms with Crippen LogP contribution in [0.5, 0.6) is 0 Å². The Kier molecular flexibility index (Phi) is 4.66. The van der Waals surface area contributed by atoms with Crippen molar-refractivity contribution >= 4 is 16.7 Å². The van der Waals surface area contributed by atoms with Crippen LogP contribution in [0.4, 0.5) is 5.82 Å². The zero-order valence-electron chi connectivity index (χ0n) is 16.1. The first-order valence-electron chi connectivity index (χ1n) is 9.38. The van der Waals surface area contributed by atoms with Gasteiger partial charge in [-0.3, -0.25) is 14.7 Å². The Balaban J connectivity index is 1.50. The fourth-order valence-electron chi connectivity index (χ4n) is 3.79. The number of nitrogens with zero attached hydrogens (tertiary/aromatic N) is 5. The van der Waals surface area contributed by atoms with Gasteiger partial charge in [-0.2, -0.15) is 0 Å². The molecule has 3 aromatic rings. The molecule has 0 N–H and O–H groups in total. The van der Waals surface area contributed by atoms with Crippen molar-refractivity contribution in [3.63, 3.8) is 0 Å². The van der Waals surface area contributed by atoms with Gasteiger partial charge in [-0.15, -0.1) is 0 Å². The van der Waals surface area contributed by atoms with Gasteiger partial charge < -0.3 is 9.47 Å². The zero-order chi connectivity index (χ0) is 19.0. The molecule has 0 saturated carbocycles. The highest BCUT2D eigenvalue weighted by Crippen LogP contribution is 2.19. The molecule has 140 valence electrons. The van der Waals surface area contributed by atoms with E-state index in [-0.39, 0.29) is 5.56 Å². The second kappa shape index (κ2) is 7.12. The van der Waals surface area contributed by atoms with Crippen LogP contribution in [-0.4, -0.2) is 45.6 Å². The number of anilines is 1. The third-order valence-corrected chi connectivity index (χ3v) is 5.32. The van der Waals surface area contributed by atoms with Crippen LogP contribution in [0, 0.1) is 13.8 Å². The van der Waals surface area contributed by atoms with Gasteiger partial charge in [0.25, 0.3) is 5.56 Å². The van der Waals surface area contributed by atoms with Gasteiger partial charge in [-0.1, -0.05) is 18.2 Å². The van der Waals surface area contributed by atoms with E-state index >= 15 is 0 Å². The molecule has 1 aromatic carbocycles. The second-order valence-electron chi connectivity index (χ2n) is 7.28. The third-order valence-electron chi connectivity index (χ3n) is 5.32. The van der Waals surface area contributed by atoms with Gasteiger partial charge in [0.2, 0.25) is 0 Å². The highest BCUT2D eigenvalue weighted by molar-refractivity contribution is 5.79. The van der Waals surface area contributed by atoms with Crippen LogP contribution in [0.1, 0.15) is 17.0 Å². The molecule has 0 amide bonds. The number of fused-ring (bicyclic) bond motifs is 1. The van der Waals surface area contributed by atoms with Crippen LogP contribution in [0.2, 0.25) is 0 Å². The number of para-hydroxylation sites is 1. The Bertz CT molecular complexity index is 1030. The van der Waals surface area contributed by atoms with Crippen molar-refractivity contribution in [3.8, 4) is 0 Å². The van der Waals surface area contributed by atoms with Crippen LogP contribution in [0.15, 0.2) is 41.3 Å². The van der Waals surface area contributed by atoms with Crippen molar-refractivity contribution in [2.24, 2.45) is 7.05 Å². The smallest absolute Gasteiger partial charge is 0.255 e. The Hall–Kier alpha value is -2.73. The molecule has 1 fully saturated rings. The molecule has 0 atom stereocenters. The summed E-state index contributed by atoms with van der Waals surface area (Å²) < 4.78 is 1.76. The average Bonchev–Trinajstić information content (AvgIpc) is 2.68. The van der Waals surface area contributed by atoms with Gasteiger partial charge in [0.15, 0.2) is 0 Å². The quantitative estimate of drug-likeness (QED) is 0.715. The molecule has 3 heterocycles. The third kappa shape index (κ3) is 3.45. The lowest BCUT2D eigenvalue weighted by Crippen LogP contribution is -2.47. The van der Waals surface area contributed by atoms with E-state index in [0.717, 1.165) is 59.9 Å². The lowest BCUT2D eigenvalue weighted by Gasteiger charge is -2.35. The highest BCUT2D eigenvalue weighted by atomic mass is 16.1. The molecule has 0 unspecified atom stereocenters. The van der Waals surface area contributed by atoms with Gasteiger partial charge in [-0.05, 0) is 31.4 Å². The molecule has 27 heavy (non-hydrogen) atoms. The van der Waals surface area contributed by atoms with Gasteiger partial charge in [0.05, 0.1) is 16.9 Å². The number of hydrogen-bond donors (Lipinski definition) is 0. The van der Waals surface area contributed by atoms with Gasteiger partial charge in [0.1, 0.15) is 5.82 Å². The summed E-state index contributed by atoms with van der Waals surface area (Å²) in [7, 11) is 1.85. The van der Waals surface area contributed by atoms with E-state index in [1.807, 2.05) is 51.4 Å². The molecule has 6 heteroatoms. The zero-order valence-corrected chi connectivity index (χ0v) is 16.1. The van der Waals surface area contributed by atoms with Crippen LogP contribution in [0.3, 0.4) is 0 Å². The lowest BCUT2D eigenvalue weighted by atomic mass is 10.1. The first-order valence-corrected chi connectivity index (χ1v) is 9.38. The van der Waals surface area contributed by atoms with Crippen LogP contribution in [-0.2, 0) is 13.6 Å². The number of hydrogen-bond acceptors (Lipinski definition) is 5. The van der Waals surface area contributed by atoms with E-state index in [4.69, 9.17) is 0 Å². The molecule has 1 aliphatic heterocycles. The Labute approximate surface area is 159 Å². The summed E-state index contributed by atoms with van der Waals surface area (Å²) in [5.74, 6) is 0.983. The number of aromatic nitrogens is 3. The number of pyridine rings is 1. The monoisotopic (exact) mass is 363 g/mol. The maximum atomic E-state index is 12.7. The summed E-state index contributed by atoms with van der Waals surface area (Å²) in [6, 6.07) is 10.1. The number of benzene rings is 1. The topological polar surface area (TPSA) is 54.3 Å². The highest BCUT2D eigenvalue weighted by Gasteiger charge is 2.21. The molecular weight excluding hydrogens is 338 g/mol. The summed E-state index contributed by atoms with van der Waals surface area (Å²) >= 11 is 0. The molecular formula is C21H25N5O. The molecule has 2 aromatic heterocycles. The Morgan fingerprint density at radius 1 is 1.07 bits per heavy atom. The van der Waals surface area contributed by atoms with E-state index < -0.39 is 0 Å². The van der Waals surface area contributed by atoms with Crippen LogP contribution in [0.25, 0.3) is 10.9 Å². The van der Waals surface area contributed by atoms with Crippen molar-refractivity contribution in [3.05, 3.63) is 63.8 Å². The Morgan fingerprint density at radius 2 is 1.81 bits per heavy atom. The minimum absolute atomic E-state index is 0.0940. The minimum Gasteiger partial charge on any atom is -0.353 e. The fraction of sp³-hybridized carbons (Fsp3) is 0.381. The van der Waals surface area contributed by atoms with E-state index in [1.165, 1.54) is 0 Å². The van der Waals surface area contributed by atoms with Gasteiger partial charge in [0, 0.05) is 51.5 Å². The standard InChI is InChI=1S/C21H25N5O/c1-15-13-22-16(2)20(23-15)26-10-8-25(9-11-26)14-18-12-17-6-4-5-7-19(17)24(3)21(18)27/h4-7,12-13H,8-11,14H2,1-3H3. The summed E-state index contributed by atoms with van der Waals surface area (Å²) in [6.45, 7) is 8.27. The fourth-order valence-corrected chi connectivity index (χ4v) is 3.79. The largest absolute Gasteiger partial charge is 0.353 e. The first kappa shape index (κ1) is 17.7. The van der Waals surface area contributed by atoms with Crippen LogP contribution < -0.4 is 10.5 Å². The van der Waals surface area contributed by atoms with E-state index in [2.05, 4.69) is 25.8 Å². The predicted octanol–water partition coefficient (Wildman–Crippen LogP) is 2.27. The average molecular weight is 363 g/mol. The van der Waals surface area contributed by atoms with Crippen molar-refractivity contribution in [2.75, 3.05) is 31.1 Å². The molecule has 0 bridgehead atoms. The molecule has 0 aliphatic carbocycles. The molecule has 1 saturated heterocycles. The molecule has 1 aliphatic rings. The maximum Gasteiger partial charge on any atom is 0.255 e.